The monoisotopic (exact) mass is 731 g/mol. The van der Waals surface area contributed by atoms with Crippen molar-refractivity contribution < 1.29 is 42.1 Å². The fraction of sp³-hybridized carbons (Fsp3) is 0.343. The van der Waals surface area contributed by atoms with E-state index in [0.717, 1.165) is 23.2 Å². The Bertz CT molecular complexity index is 1840. The van der Waals surface area contributed by atoms with Crippen LogP contribution >= 0.6 is 0 Å². The highest BCUT2D eigenvalue weighted by atomic mass is 19.4. The topological polar surface area (TPSA) is 198 Å². The molecule has 0 bridgehead atoms. The number of para-hydroxylation sites is 2. The van der Waals surface area contributed by atoms with Crippen molar-refractivity contribution in [2.45, 2.75) is 39.9 Å². The standard InChI is InChI=1S/C32H39N5O5.C2HF3O2.CH4N2/c1-8-41-27-19-22(15-18-26(27)42-20-32(3,4)30(38)36(5)6)28(33-23-16-13-21(2)14-17-23)29-34-31(39)37(35-29)24-11-9-10-12-25(24)40-7;3-2(4,5)1(6)7;2-1-3/h9-19,28,33H,8,20H2,1-7H3,(H,34,35,39);(H,6,7);1H,(H3,2,3). The molecule has 0 saturated carbocycles. The zero-order valence-electron chi connectivity index (χ0n) is 29.9. The van der Waals surface area contributed by atoms with Crippen LogP contribution in [0.5, 0.6) is 17.2 Å². The van der Waals surface area contributed by atoms with Gasteiger partial charge >= 0.3 is 17.8 Å². The number of H-pyrrole nitrogens is 1. The summed E-state index contributed by atoms with van der Waals surface area (Å²) in [5.74, 6) is -0.828. The molecule has 1 amide bonds. The molecule has 4 aromatic rings. The van der Waals surface area contributed by atoms with Gasteiger partial charge in [0.15, 0.2) is 17.3 Å². The summed E-state index contributed by atoms with van der Waals surface area (Å²) in [6.45, 7) is 8.19. The van der Waals surface area contributed by atoms with Crippen LogP contribution in [0.4, 0.5) is 18.9 Å². The number of carboxylic acids is 1. The van der Waals surface area contributed by atoms with Crippen LogP contribution in [0, 0.1) is 17.7 Å². The van der Waals surface area contributed by atoms with Gasteiger partial charge < -0.3 is 35.3 Å². The predicted molar refractivity (Wildman–Crippen MR) is 190 cm³/mol. The number of nitrogens with zero attached hydrogens (tertiary/aromatic N) is 3. The van der Waals surface area contributed by atoms with Crippen LogP contribution in [0.2, 0.25) is 0 Å². The van der Waals surface area contributed by atoms with Crippen molar-refractivity contribution in [3.05, 3.63) is 94.2 Å². The van der Waals surface area contributed by atoms with Gasteiger partial charge in [0.1, 0.15) is 24.1 Å². The van der Waals surface area contributed by atoms with E-state index >= 15 is 0 Å². The number of alkyl halides is 3. The molecule has 0 aliphatic carbocycles. The van der Waals surface area contributed by atoms with Crippen LogP contribution in [-0.2, 0) is 9.59 Å². The summed E-state index contributed by atoms with van der Waals surface area (Å²) in [5, 5.41) is 21.2. The number of nitrogens with one attached hydrogen (secondary N) is 3. The third-order valence-corrected chi connectivity index (χ3v) is 7.00. The van der Waals surface area contributed by atoms with Crippen LogP contribution in [0.3, 0.4) is 0 Å². The van der Waals surface area contributed by atoms with Gasteiger partial charge in [-0.25, -0.2) is 9.59 Å². The van der Waals surface area contributed by atoms with Crippen molar-refractivity contribution in [3.8, 4) is 22.9 Å². The van der Waals surface area contributed by atoms with Crippen molar-refractivity contribution in [2.75, 3.05) is 39.7 Å². The number of hydrogen-bond donors (Lipinski definition) is 5. The maximum Gasteiger partial charge on any atom is 0.490 e. The normalized spacial score (nSPS) is 11.4. The summed E-state index contributed by atoms with van der Waals surface area (Å²) in [4.78, 5) is 39.1. The number of benzene rings is 3. The Morgan fingerprint density at radius 2 is 1.65 bits per heavy atom. The molecule has 0 spiro atoms. The molecule has 0 radical (unpaired) electrons. The van der Waals surface area contributed by atoms with E-state index in [9.17, 15) is 22.8 Å². The first-order chi connectivity index (χ1) is 24.4. The lowest BCUT2D eigenvalue weighted by Crippen LogP contribution is -2.40. The van der Waals surface area contributed by atoms with E-state index in [0.29, 0.717) is 35.4 Å². The van der Waals surface area contributed by atoms with E-state index in [1.165, 1.54) is 4.68 Å². The minimum absolute atomic E-state index is 0.0333. The fourth-order valence-corrected chi connectivity index (χ4v) is 4.58. The number of methoxy groups -OCH3 is 1. The number of aromatic nitrogens is 3. The van der Waals surface area contributed by atoms with Gasteiger partial charge in [-0.2, -0.15) is 17.9 Å². The average Bonchev–Trinajstić information content (AvgIpc) is 3.48. The minimum atomic E-state index is -5.08. The summed E-state index contributed by atoms with van der Waals surface area (Å²) < 4.78 is 50.6. The maximum absolute atomic E-state index is 13.1. The highest BCUT2D eigenvalue weighted by Gasteiger charge is 2.38. The molecule has 0 aliphatic rings. The van der Waals surface area contributed by atoms with E-state index in [2.05, 4.69) is 21.1 Å². The van der Waals surface area contributed by atoms with Gasteiger partial charge in [0.25, 0.3) is 0 Å². The minimum Gasteiger partial charge on any atom is -0.494 e. The van der Waals surface area contributed by atoms with Crippen molar-refractivity contribution >= 4 is 23.9 Å². The number of hydrogen-bond acceptors (Lipinski definition) is 9. The van der Waals surface area contributed by atoms with E-state index in [4.69, 9.17) is 29.5 Å². The molecule has 1 heterocycles. The number of ether oxygens (including phenoxy) is 3. The average molecular weight is 732 g/mol. The Hall–Kier alpha value is -6.00. The number of anilines is 1. The zero-order valence-corrected chi connectivity index (χ0v) is 29.9. The highest BCUT2D eigenvalue weighted by Crippen LogP contribution is 2.35. The molecule has 4 rings (SSSR count). The van der Waals surface area contributed by atoms with Crippen LogP contribution in [0.1, 0.15) is 43.8 Å². The van der Waals surface area contributed by atoms with Crippen molar-refractivity contribution in [1.82, 2.24) is 19.7 Å². The van der Waals surface area contributed by atoms with Gasteiger partial charge in [0.2, 0.25) is 5.91 Å². The molecule has 0 aliphatic heterocycles. The van der Waals surface area contributed by atoms with Gasteiger partial charge in [0.05, 0.1) is 25.5 Å². The predicted octanol–water partition coefficient (Wildman–Crippen LogP) is 5.16. The van der Waals surface area contributed by atoms with Gasteiger partial charge in [-0.3, -0.25) is 15.2 Å². The number of carbonyl (C=O) groups is 2. The highest BCUT2D eigenvalue weighted by molar-refractivity contribution is 5.81. The Balaban J connectivity index is 0.000000826. The number of aromatic amines is 1. The summed E-state index contributed by atoms with van der Waals surface area (Å²) in [5.41, 5.74) is 6.54. The van der Waals surface area contributed by atoms with Gasteiger partial charge in [-0.05, 0) is 69.7 Å². The largest absolute Gasteiger partial charge is 0.494 e. The van der Waals surface area contributed by atoms with E-state index in [1.54, 1.807) is 38.2 Å². The number of carbonyl (C=O) groups excluding carboxylic acids is 1. The zero-order chi connectivity index (χ0) is 39.2. The summed E-state index contributed by atoms with van der Waals surface area (Å²) >= 11 is 0. The van der Waals surface area contributed by atoms with Crippen molar-refractivity contribution in [1.29, 1.82) is 5.41 Å². The van der Waals surface area contributed by atoms with Crippen molar-refractivity contribution in [2.24, 2.45) is 11.1 Å². The van der Waals surface area contributed by atoms with E-state index in [-0.39, 0.29) is 12.5 Å². The van der Waals surface area contributed by atoms with Gasteiger partial charge in [0, 0.05) is 19.8 Å². The third-order valence-electron chi connectivity index (χ3n) is 7.00. The second-order valence-electron chi connectivity index (χ2n) is 11.8. The molecule has 6 N–H and O–H groups in total. The number of aryl methyl sites for hydroxylation is 1. The Labute approximate surface area is 298 Å². The SMILES string of the molecule is CCOc1cc(C(Nc2ccc(C)cc2)c2nn(-c3ccccc3OC)c(=O)[nH]2)ccc1OCC(C)(C)C(=O)N(C)C.N=CN.O=C(O)C(F)(F)F. The second-order valence-corrected chi connectivity index (χ2v) is 11.8. The molecule has 17 heteroatoms. The molecular formula is C35H44F3N7O7. The molecule has 282 valence electrons. The van der Waals surface area contributed by atoms with E-state index < -0.39 is 29.3 Å². The van der Waals surface area contributed by atoms with Crippen LogP contribution in [-0.4, -0.2) is 83.6 Å². The third kappa shape index (κ3) is 11.8. The van der Waals surface area contributed by atoms with Gasteiger partial charge in [-0.15, -0.1) is 5.10 Å². The first kappa shape index (κ1) is 42.2. The molecule has 14 nitrogen and oxygen atoms in total. The molecule has 0 saturated heterocycles. The number of aliphatic carboxylic acids is 1. The molecule has 3 aromatic carbocycles. The first-order valence-electron chi connectivity index (χ1n) is 15.7. The smallest absolute Gasteiger partial charge is 0.490 e. The van der Waals surface area contributed by atoms with Crippen LogP contribution < -0.4 is 31.0 Å². The number of carboxylic acid groups (broad SMARTS) is 1. The summed E-state index contributed by atoms with van der Waals surface area (Å²) in [7, 11) is 5.01. The number of rotatable bonds is 12. The molecule has 1 unspecified atom stereocenters. The van der Waals surface area contributed by atoms with Crippen LogP contribution in [0.25, 0.3) is 5.69 Å². The lowest BCUT2D eigenvalue weighted by Gasteiger charge is -2.27. The number of amides is 1. The summed E-state index contributed by atoms with van der Waals surface area (Å²) in [6, 6.07) is 20.2. The first-order valence-corrected chi connectivity index (χ1v) is 15.7. The Morgan fingerprint density at radius 3 is 2.19 bits per heavy atom. The molecule has 1 atom stereocenters. The molecule has 52 heavy (non-hydrogen) atoms. The lowest BCUT2D eigenvalue weighted by molar-refractivity contribution is -0.192. The fourth-order valence-electron chi connectivity index (χ4n) is 4.58. The molecule has 0 fully saturated rings. The number of halogens is 3. The van der Waals surface area contributed by atoms with Gasteiger partial charge in [-0.1, -0.05) is 35.9 Å². The Kier molecular flexibility index (Phi) is 15.3. The number of nitrogens with two attached hydrogens (primary N) is 1. The van der Waals surface area contributed by atoms with Crippen molar-refractivity contribution in [3.63, 3.8) is 0 Å². The molecule has 1 aromatic heterocycles. The maximum atomic E-state index is 13.1. The molecular weight excluding hydrogens is 687 g/mol. The lowest BCUT2D eigenvalue weighted by atomic mass is 9.93. The quantitative estimate of drug-likeness (QED) is 0.0959. The second kappa shape index (κ2) is 18.8. The van der Waals surface area contributed by atoms with E-state index in [1.807, 2.05) is 82.3 Å². The summed E-state index contributed by atoms with van der Waals surface area (Å²) in [6.07, 6.45) is -4.33. The van der Waals surface area contributed by atoms with Crippen LogP contribution in [0.15, 0.2) is 71.5 Å². The Morgan fingerprint density at radius 1 is 1.06 bits per heavy atom.